The maximum absolute atomic E-state index is 2.22. The molecule has 0 spiro atoms. The second kappa shape index (κ2) is 8.23. The van der Waals surface area contributed by atoms with E-state index in [9.17, 15) is 0 Å². The van der Waals surface area contributed by atoms with Gasteiger partial charge in [0.05, 0.1) is 0 Å². The van der Waals surface area contributed by atoms with Crippen molar-refractivity contribution in [2.75, 3.05) is 0 Å². The van der Waals surface area contributed by atoms with Crippen LogP contribution in [0.15, 0.2) is 0 Å². The Kier molecular flexibility index (Phi) is 11.7. The second-order valence-electron chi connectivity index (χ2n) is 6.50. The summed E-state index contributed by atoms with van der Waals surface area (Å²) in [6.07, 6.45) is 0. The summed E-state index contributed by atoms with van der Waals surface area (Å²) >= 11 is 0. The molecule has 0 atom stereocenters. The van der Waals surface area contributed by atoms with E-state index < -0.39 is 0 Å². The first-order valence-corrected chi connectivity index (χ1v) is 5.50. The van der Waals surface area contributed by atoms with E-state index in [2.05, 4.69) is 69.2 Å². The fourth-order valence-electron chi connectivity index (χ4n) is 0. The smallest absolute Gasteiger partial charge is 0 e. The Hall–Kier alpha value is 1.10. The van der Waals surface area contributed by atoms with Crippen molar-refractivity contribution < 1.29 is 32.7 Å². The van der Waals surface area contributed by atoms with E-state index in [-0.39, 0.29) is 32.7 Å². The maximum Gasteiger partial charge on any atom is 0 e. The topological polar surface area (TPSA) is 0 Å². The van der Waals surface area contributed by atoms with Crippen molar-refractivity contribution >= 4 is 0 Å². The van der Waals surface area contributed by atoms with E-state index in [0.29, 0.717) is 10.8 Å². The summed E-state index contributed by atoms with van der Waals surface area (Å²) in [6.45, 7) is 22.0. The van der Waals surface area contributed by atoms with E-state index in [0.717, 1.165) is 0 Å². The van der Waals surface area contributed by atoms with Crippen molar-refractivity contribution in [3.63, 3.8) is 0 Å². The van der Waals surface area contributed by atoms with Gasteiger partial charge in [0.2, 0.25) is 0 Å². The van der Waals surface area contributed by atoms with E-state index >= 15 is 0 Å². The van der Waals surface area contributed by atoms with Crippen molar-refractivity contribution in [2.45, 2.75) is 69.2 Å². The van der Waals surface area contributed by atoms with Gasteiger partial charge < -0.3 is 11.8 Å². The largest absolute Gasteiger partial charge is 0.314 e. The summed E-state index contributed by atoms with van der Waals surface area (Å²) in [4.78, 5) is 0. The zero-order valence-corrected chi connectivity index (χ0v) is 15.4. The predicted octanol–water partition coefficient (Wildman–Crippen LogP) is 5.29. The normalized spacial score (nSPS) is 12.0. The van der Waals surface area contributed by atoms with Crippen LogP contribution in [0.4, 0.5) is 0 Å². The summed E-state index contributed by atoms with van der Waals surface area (Å²) < 4.78 is 0. The molecule has 1 radical (unpaired) electrons. The molecule has 1 heteroatoms. The van der Waals surface area contributed by atoms with Crippen LogP contribution in [0.3, 0.4) is 0 Å². The molecule has 0 aromatic rings. The Bertz CT molecular complexity index is 114. The minimum atomic E-state index is 0. The van der Waals surface area contributed by atoms with Gasteiger partial charge in [0, 0.05) is 32.7 Å². The Morgan fingerprint density at radius 2 is 0.600 bits per heavy atom. The quantitative estimate of drug-likeness (QED) is 0.531. The molecule has 0 bridgehead atoms. The van der Waals surface area contributed by atoms with E-state index in [4.69, 9.17) is 0 Å². The van der Waals surface area contributed by atoms with Gasteiger partial charge in [0.1, 0.15) is 0 Å². The van der Waals surface area contributed by atoms with Crippen LogP contribution in [-0.4, -0.2) is 0 Å². The van der Waals surface area contributed by atoms with E-state index in [1.165, 1.54) is 11.8 Å². The van der Waals surface area contributed by atoms with Crippen molar-refractivity contribution in [3.05, 3.63) is 11.8 Å². The zero-order chi connectivity index (χ0) is 12.2. The first-order valence-electron chi connectivity index (χ1n) is 5.50. The first kappa shape index (κ1) is 21.4. The SMILES string of the molecule is C[C-](C)C(C)(C)C.C[C-](C)C(C)(C)C.[Y]. The maximum atomic E-state index is 2.22. The summed E-state index contributed by atoms with van der Waals surface area (Å²) in [5.74, 6) is 2.99. The van der Waals surface area contributed by atoms with E-state index in [1.807, 2.05) is 0 Å². The molecule has 0 saturated heterocycles. The zero-order valence-electron chi connectivity index (χ0n) is 12.6. The molecule has 0 unspecified atom stereocenters. The minimum Gasteiger partial charge on any atom is -0.314 e. The van der Waals surface area contributed by atoms with Crippen LogP contribution in [0.2, 0.25) is 0 Å². The van der Waals surface area contributed by atoms with Crippen molar-refractivity contribution in [1.82, 2.24) is 0 Å². The molecule has 0 aliphatic carbocycles. The molecule has 0 aliphatic heterocycles. The summed E-state index contributed by atoms with van der Waals surface area (Å²) in [5, 5.41) is 0. The molecule has 0 rings (SSSR count). The van der Waals surface area contributed by atoms with Crippen LogP contribution in [0, 0.1) is 22.7 Å². The van der Waals surface area contributed by atoms with Crippen molar-refractivity contribution in [1.29, 1.82) is 0 Å². The molecule has 15 heavy (non-hydrogen) atoms. The number of hydrogen-bond donors (Lipinski definition) is 0. The van der Waals surface area contributed by atoms with Crippen LogP contribution >= 0.6 is 0 Å². The summed E-state index contributed by atoms with van der Waals surface area (Å²) in [6, 6.07) is 0. The second-order valence-corrected chi connectivity index (χ2v) is 6.50. The fraction of sp³-hybridized carbons (Fsp3) is 0.857. The van der Waals surface area contributed by atoms with E-state index in [1.54, 1.807) is 0 Å². The molecule has 0 fully saturated rings. The molecule has 0 aromatic carbocycles. The third-order valence-corrected chi connectivity index (χ3v) is 3.00. The fourth-order valence-corrected chi connectivity index (χ4v) is 0. The van der Waals surface area contributed by atoms with Gasteiger partial charge in [-0.1, -0.05) is 41.5 Å². The van der Waals surface area contributed by atoms with Crippen molar-refractivity contribution in [2.24, 2.45) is 10.8 Å². The van der Waals surface area contributed by atoms with Crippen LogP contribution in [-0.2, 0) is 32.7 Å². The van der Waals surface area contributed by atoms with Crippen LogP contribution in [0.25, 0.3) is 0 Å². The monoisotopic (exact) mass is 287 g/mol. The average molecular weight is 287 g/mol. The molecular formula is C14H30Y-2. The third-order valence-electron chi connectivity index (χ3n) is 3.00. The molecule has 91 valence electrons. The third kappa shape index (κ3) is 15.1. The molecule has 0 amide bonds. The van der Waals surface area contributed by atoms with Crippen LogP contribution in [0.5, 0.6) is 0 Å². The van der Waals surface area contributed by atoms with Gasteiger partial charge >= 0.3 is 0 Å². The Morgan fingerprint density at radius 1 is 0.533 bits per heavy atom. The van der Waals surface area contributed by atoms with Gasteiger partial charge in [-0.05, 0) is 0 Å². The molecule has 0 N–H and O–H groups in total. The van der Waals surface area contributed by atoms with Gasteiger partial charge in [0.15, 0.2) is 0 Å². The van der Waals surface area contributed by atoms with Crippen LogP contribution < -0.4 is 0 Å². The molecule has 0 heterocycles. The van der Waals surface area contributed by atoms with Crippen molar-refractivity contribution in [3.8, 4) is 0 Å². The molecular weight excluding hydrogens is 257 g/mol. The van der Waals surface area contributed by atoms with Gasteiger partial charge in [0.25, 0.3) is 0 Å². The Balaban J connectivity index is -0.000000180. The summed E-state index contributed by atoms with van der Waals surface area (Å²) in [5.41, 5.74) is 0.833. The van der Waals surface area contributed by atoms with Gasteiger partial charge in [-0.2, -0.15) is 38.5 Å². The van der Waals surface area contributed by atoms with Gasteiger partial charge in [-0.15, -0.1) is 0 Å². The van der Waals surface area contributed by atoms with Gasteiger partial charge in [-0.25, -0.2) is 0 Å². The summed E-state index contributed by atoms with van der Waals surface area (Å²) in [7, 11) is 0. The predicted molar refractivity (Wildman–Crippen MR) is 68.1 cm³/mol. The average Bonchev–Trinajstić information content (AvgIpc) is 1.83. The first-order chi connectivity index (χ1) is 5.89. The van der Waals surface area contributed by atoms with Crippen LogP contribution in [0.1, 0.15) is 69.2 Å². The minimum absolute atomic E-state index is 0. The van der Waals surface area contributed by atoms with Gasteiger partial charge in [-0.3, -0.25) is 0 Å². The molecule has 0 aliphatic rings. The molecule has 0 nitrogen and oxygen atoms in total. The molecule has 0 saturated carbocycles. The standard InChI is InChI=1S/2C7H15.Y/c2*1-6(2)7(3,4)5;/h2*1-5H3;/q2*-1;. The Labute approximate surface area is 124 Å². The number of hydrogen-bond acceptors (Lipinski definition) is 0. The Morgan fingerprint density at radius 3 is 0.600 bits per heavy atom. The number of rotatable bonds is 0. The molecule has 0 aromatic heterocycles.